The largest absolute Gasteiger partial charge is 0.375 e. The Balaban J connectivity index is 1.65. The van der Waals surface area contributed by atoms with Crippen LogP contribution in [0.15, 0.2) is 29.6 Å². The summed E-state index contributed by atoms with van der Waals surface area (Å²) in [5.74, 6) is 0. The molecule has 5 heteroatoms. The Hall–Kier alpha value is -1.43. The van der Waals surface area contributed by atoms with Crippen LogP contribution in [0.1, 0.15) is 22.9 Å². The van der Waals surface area contributed by atoms with Crippen LogP contribution in [0.2, 0.25) is 0 Å². The van der Waals surface area contributed by atoms with Crippen LogP contribution in [0.5, 0.6) is 0 Å². The van der Waals surface area contributed by atoms with Crippen LogP contribution in [0.4, 0.5) is 5.13 Å². The number of benzene rings is 1. The lowest BCUT2D eigenvalue weighted by molar-refractivity contribution is 0.697. The van der Waals surface area contributed by atoms with Gasteiger partial charge in [0.1, 0.15) is 0 Å². The Morgan fingerprint density at radius 2 is 2.15 bits per heavy atom. The molecule has 0 atom stereocenters. The fraction of sp³-hybridized carbons (Fsp3) is 0.267. The molecule has 0 amide bonds. The van der Waals surface area contributed by atoms with Crippen LogP contribution < -0.4 is 11.1 Å². The zero-order valence-electron chi connectivity index (χ0n) is 11.3. The third-order valence-corrected chi connectivity index (χ3v) is 5.11. The lowest BCUT2D eigenvalue weighted by Gasteiger charge is -2.05. The smallest absolute Gasteiger partial charge is 0.181 e. The Morgan fingerprint density at radius 3 is 3.00 bits per heavy atom. The molecular weight excluding hydrogens is 286 g/mol. The first-order valence-electron chi connectivity index (χ1n) is 6.67. The molecule has 0 aliphatic heterocycles. The van der Waals surface area contributed by atoms with Gasteiger partial charge in [0.15, 0.2) is 5.13 Å². The lowest BCUT2D eigenvalue weighted by atomic mass is 10.2. The van der Waals surface area contributed by atoms with Gasteiger partial charge in [-0.15, -0.1) is 11.3 Å². The highest BCUT2D eigenvalue weighted by Crippen LogP contribution is 2.24. The van der Waals surface area contributed by atoms with Crippen LogP contribution in [0, 0.1) is 0 Å². The number of aryl methyl sites for hydroxylation is 1. The molecule has 3 rings (SSSR count). The Labute approximate surface area is 126 Å². The number of nitrogens with zero attached hydrogens (tertiary/aromatic N) is 1. The zero-order chi connectivity index (χ0) is 13.9. The Morgan fingerprint density at radius 1 is 1.25 bits per heavy atom. The predicted molar refractivity (Wildman–Crippen MR) is 88.3 cm³/mol. The first kappa shape index (κ1) is 13.5. The molecule has 2 heterocycles. The second-order valence-corrected chi connectivity index (χ2v) is 6.74. The molecule has 1 aromatic carbocycles. The monoisotopic (exact) mass is 303 g/mol. The van der Waals surface area contributed by atoms with Gasteiger partial charge < -0.3 is 11.1 Å². The van der Waals surface area contributed by atoms with Gasteiger partial charge in [0.05, 0.1) is 10.2 Å². The third-order valence-electron chi connectivity index (χ3n) is 3.30. The Kier molecular flexibility index (Phi) is 4.00. The molecule has 3 N–H and O–H groups in total. The molecule has 20 heavy (non-hydrogen) atoms. The summed E-state index contributed by atoms with van der Waals surface area (Å²) < 4.78 is 1.16. The molecule has 0 bridgehead atoms. The number of anilines is 1. The van der Waals surface area contributed by atoms with Gasteiger partial charge in [-0.3, -0.25) is 0 Å². The van der Waals surface area contributed by atoms with Crippen molar-refractivity contribution in [1.82, 2.24) is 10.3 Å². The summed E-state index contributed by atoms with van der Waals surface area (Å²) in [6.45, 7) is 4.01. The van der Waals surface area contributed by atoms with E-state index in [1.54, 1.807) is 11.3 Å². The molecule has 3 nitrogen and oxygen atoms in total. The summed E-state index contributed by atoms with van der Waals surface area (Å²) in [7, 11) is 0. The summed E-state index contributed by atoms with van der Waals surface area (Å²) in [6, 6.07) is 8.55. The van der Waals surface area contributed by atoms with E-state index >= 15 is 0 Å². The van der Waals surface area contributed by atoms with E-state index in [0.717, 1.165) is 29.7 Å². The Bertz CT molecular complexity index is 715. The summed E-state index contributed by atoms with van der Waals surface area (Å²) in [5, 5.41) is 6.32. The fourth-order valence-electron chi connectivity index (χ4n) is 2.25. The van der Waals surface area contributed by atoms with Crippen LogP contribution in [-0.2, 0) is 19.5 Å². The van der Waals surface area contributed by atoms with Crippen LogP contribution in [0.25, 0.3) is 10.2 Å². The van der Waals surface area contributed by atoms with Crippen molar-refractivity contribution >= 4 is 38.0 Å². The maximum absolute atomic E-state index is 5.73. The second kappa shape index (κ2) is 5.91. The van der Waals surface area contributed by atoms with Gasteiger partial charge in [-0.1, -0.05) is 24.3 Å². The first-order valence-corrected chi connectivity index (χ1v) is 8.37. The minimum Gasteiger partial charge on any atom is -0.375 e. The van der Waals surface area contributed by atoms with Crippen molar-refractivity contribution in [2.75, 3.05) is 5.73 Å². The summed E-state index contributed by atoms with van der Waals surface area (Å²) in [6.07, 6.45) is 1.10. The van der Waals surface area contributed by atoms with Crippen molar-refractivity contribution < 1.29 is 0 Å². The maximum atomic E-state index is 5.73. The number of hydrogen-bond acceptors (Lipinski definition) is 5. The van der Waals surface area contributed by atoms with E-state index in [4.69, 9.17) is 5.73 Å². The topological polar surface area (TPSA) is 50.9 Å². The van der Waals surface area contributed by atoms with Crippen molar-refractivity contribution in [1.29, 1.82) is 0 Å². The van der Waals surface area contributed by atoms with E-state index in [1.165, 1.54) is 16.0 Å². The van der Waals surface area contributed by atoms with Gasteiger partial charge in [0, 0.05) is 18.0 Å². The van der Waals surface area contributed by atoms with Crippen molar-refractivity contribution in [3.8, 4) is 0 Å². The second-order valence-electron chi connectivity index (χ2n) is 4.68. The molecule has 0 aliphatic rings. The van der Waals surface area contributed by atoms with Crippen molar-refractivity contribution in [3.63, 3.8) is 0 Å². The molecule has 0 spiro atoms. The van der Waals surface area contributed by atoms with E-state index in [0.29, 0.717) is 5.13 Å². The number of rotatable bonds is 5. The van der Waals surface area contributed by atoms with E-state index in [-0.39, 0.29) is 0 Å². The summed E-state index contributed by atoms with van der Waals surface area (Å²) >= 11 is 3.37. The van der Waals surface area contributed by atoms with Crippen LogP contribution in [0.3, 0.4) is 0 Å². The normalized spacial score (nSPS) is 11.2. The molecule has 0 radical (unpaired) electrons. The highest BCUT2D eigenvalue weighted by atomic mass is 32.1. The highest BCUT2D eigenvalue weighted by Gasteiger charge is 2.04. The number of fused-ring (bicyclic) bond motifs is 1. The lowest BCUT2D eigenvalue weighted by Crippen LogP contribution is -2.12. The average molecular weight is 303 g/mol. The van der Waals surface area contributed by atoms with E-state index in [2.05, 4.69) is 40.8 Å². The first-order chi connectivity index (χ1) is 9.76. The molecule has 3 aromatic rings. The maximum Gasteiger partial charge on any atom is 0.181 e. The minimum absolute atomic E-state index is 0.635. The molecule has 104 valence electrons. The number of nitrogens with one attached hydrogen (secondary N) is 1. The van der Waals surface area contributed by atoms with E-state index in [9.17, 15) is 0 Å². The molecule has 0 aliphatic carbocycles. The summed E-state index contributed by atoms with van der Waals surface area (Å²) in [5.41, 5.74) is 9.44. The molecule has 0 fully saturated rings. The molecule has 0 saturated heterocycles. The van der Waals surface area contributed by atoms with E-state index < -0.39 is 0 Å². The molecule has 0 saturated carbocycles. The van der Waals surface area contributed by atoms with Crippen molar-refractivity contribution in [2.24, 2.45) is 0 Å². The quantitative estimate of drug-likeness (QED) is 0.754. The minimum atomic E-state index is 0.635. The number of thiazole rings is 1. The van der Waals surface area contributed by atoms with Crippen LogP contribution in [-0.4, -0.2) is 4.98 Å². The predicted octanol–water partition coefficient (Wildman–Crippen LogP) is 3.79. The van der Waals surface area contributed by atoms with Gasteiger partial charge in [-0.25, -0.2) is 4.98 Å². The average Bonchev–Trinajstić information content (AvgIpc) is 3.03. The summed E-state index contributed by atoms with van der Waals surface area (Å²) in [4.78, 5) is 5.72. The fourth-order valence-corrected chi connectivity index (χ4v) is 4.00. The molecule has 2 aromatic heterocycles. The number of aromatic nitrogens is 1. The van der Waals surface area contributed by atoms with Gasteiger partial charge in [-0.05, 0) is 41.1 Å². The highest BCUT2D eigenvalue weighted by molar-refractivity contribution is 7.22. The van der Waals surface area contributed by atoms with Gasteiger partial charge in [-0.2, -0.15) is 0 Å². The number of nitrogens with two attached hydrogens (primary N) is 1. The zero-order valence-corrected chi connectivity index (χ0v) is 13.0. The third kappa shape index (κ3) is 2.85. The standard InChI is InChI=1S/C15H17N3S2/c1-2-11-5-6-19-14(11)9-17-8-10-3-4-12-13(7-10)20-15(16)18-12/h3-7,17H,2,8-9H2,1H3,(H2,16,18). The van der Waals surface area contributed by atoms with Gasteiger partial charge >= 0.3 is 0 Å². The van der Waals surface area contributed by atoms with Crippen molar-refractivity contribution in [3.05, 3.63) is 45.6 Å². The number of thiophene rings is 1. The van der Waals surface area contributed by atoms with Gasteiger partial charge in [0.25, 0.3) is 0 Å². The molecular formula is C15H17N3S2. The van der Waals surface area contributed by atoms with Crippen LogP contribution >= 0.6 is 22.7 Å². The number of nitrogen functional groups attached to an aromatic ring is 1. The van der Waals surface area contributed by atoms with E-state index in [1.807, 2.05) is 17.4 Å². The SMILES string of the molecule is CCc1ccsc1CNCc1ccc2nc(N)sc2c1. The molecule has 0 unspecified atom stereocenters. The van der Waals surface area contributed by atoms with Gasteiger partial charge in [0.2, 0.25) is 0 Å². The van der Waals surface area contributed by atoms with Crippen molar-refractivity contribution in [2.45, 2.75) is 26.4 Å². The number of hydrogen-bond donors (Lipinski definition) is 2.